The summed E-state index contributed by atoms with van der Waals surface area (Å²) in [6.45, 7) is 1.62. The molecule has 3 aromatic rings. The van der Waals surface area contributed by atoms with Crippen molar-refractivity contribution in [1.82, 2.24) is 0 Å². The van der Waals surface area contributed by atoms with Gasteiger partial charge in [-0.15, -0.1) is 0 Å². The van der Waals surface area contributed by atoms with Gasteiger partial charge >= 0.3 is 5.97 Å². The van der Waals surface area contributed by atoms with Gasteiger partial charge in [0.2, 0.25) is 25.6 Å². The van der Waals surface area contributed by atoms with Gasteiger partial charge in [-0.05, 0) is 73.2 Å². The van der Waals surface area contributed by atoms with Crippen LogP contribution >= 0.6 is 0 Å². The van der Waals surface area contributed by atoms with Crippen LogP contribution in [0.25, 0.3) is 0 Å². The maximum Gasteiger partial charge on any atom is 0.314 e. The molecule has 2 saturated heterocycles. The van der Waals surface area contributed by atoms with Crippen LogP contribution in [0.5, 0.6) is 0 Å². The number of ether oxygens (including phenoxy) is 2. The number of hydrogen-bond donors (Lipinski definition) is 2. The second-order valence-electron chi connectivity index (χ2n) is 11.5. The van der Waals surface area contributed by atoms with Gasteiger partial charge in [0, 0.05) is 55.1 Å². The first-order valence-electron chi connectivity index (χ1n) is 15.5. The summed E-state index contributed by atoms with van der Waals surface area (Å²) in [7, 11) is -7.37. The number of carbonyl (C=O) groups excluding carboxylic acids is 1. The summed E-state index contributed by atoms with van der Waals surface area (Å²) < 4.78 is 58.9. The number of nitrogens with zero attached hydrogens (tertiary/aromatic N) is 2. The van der Waals surface area contributed by atoms with E-state index >= 15 is 0 Å². The summed E-state index contributed by atoms with van der Waals surface area (Å²) in [6.07, 6.45) is 3.53. The molecule has 0 radical (unpaired) electrons. The van der Waals surface area contributed by atoms with Gasteiger partial charge < -0.3 is 19.9 Å². The number of para-hydroxylation sites is 1. The second-order valence-corrected chi connectivity index (χ2v) is 15.2. The van der Waals surface area contributed by atoms with Crippen LogP contribution in [0.15, 0.2) is 112 Å². The zero-order chi connectivity index (χ0) is 36.3. The number of nitriles is 2. The average molecular weight is 718 g/mol. The highest BCUT2D eigenvalue weighted by Crippen LogP contribution is 2.37. The van der Waals surface area contributed by atoms with E-state index < -0.39 is 36.5 Å². The smallest absolute Gasteiger partial charge is 0.314 e. The van der Waals surface area contributed by atoms with Gasteiger partial charge in [0.05, 0.1) is 32.8 Å². The molecule has 260 valence electrons. The number of sulfone groups is 2. The Kier molecular flexibility index (Phi) is 12.5. The minimum Gasteiger partial charge on any atom is -0.481 e. The highest BCUT2D eigenvalue weighted by molar-refractivity contribution is 7.94. The van der Waals surface area contributed by atoms with E-state index in [4.69, 9.17) is 20.0 Å². The van der Waals surface area contributed by atoms with E-state index in [9.17, 15) is 31.5 Å². The van der Waals surface area contributed by atoms with E-state index in [0.29, 0.717) is 63.4 Å². The maximum atomic E-state index is 13.2. The van der Waals surface area contributed by atoms with Crippen LogP contribution in [-0.2, 0) is 49.6 Å². The lowest BCUT2D eigenvalue weighted by atomic mass is 9.73. The maximum absolute atomic E-state index is 13.2. The molecular formula is C36H35N3O9S2. The van der Waals surface area contributed by atoms with E-state index in [2.05, 4.69) is 5.32 Å². The van der Waals surface area contributed by atoms with Crippen molar-refractivity contribution in [2.45, 2.75) is 46.3 Å². The van der Waals surface area contributed by atoms with Crippen LogP contribution in [0.4, 0.5) is 5.69 Å². The number of allylic oxidation sites excluding steroid dienone is 2. The van der Waals surface area contributed by atoms with Gasteiger partial charge in [-0.1, -0.05) is 42.5 Å². The molecule has 14 heteroatoms. The van der Waals surface area contributed by atoms with Gasteiger partial charge in [-0.25, -0.2) is 16.8 Å². The molecular weight excluding hydrogens is 683 g/mol. The van der Waals surface area contributed by atoms with Crippen molar-refractivity contribution in [2.75, 3.05) is 31.7 Å². The minimum atomic E-state index is -3.69. The lowest BCUT2D eigenvalue weighted by molar-refractivity contribution is -0.147. The van der Waals surface area contributed by atoms with E-state index in [-0.39, 0.29) is 15.7 Å². The van der Waals surface area contributed by atoms with E-state index in [1.54, 1.807) is 24.3 Å². The number of carbonyl (C=O) groups is 2. The number of anilines is 1. The molecule has 1 amide bonds. The summed E-state index contributed by atoms with van der Waals surface area (Å²) in [4.78, 5) is 25.0. The van der Waals surface area contributed by atoms with Gasteiger partial charge in [0.15, 0.2) is 0 Å². The molecule has 2 aliphatic rings. The molecule has 2 aliphatic heterocycles. The molecule has 0 unspecified atom stereocenters. The second kappa shape index (κ2) is 16.5. The summed E-state index contributed by atoms with van der Waals surface area (Å²) in [6, 6.07) is 24.6. The summed E-state index contributed by atoms with van der Waals surface area (Å²) >= 11 is 0. The molecule has 50 heavy (non-hydrogen) atoms. The number of aliphatic carboxylic acids is 1. The van der Waals surface area contributed by atoms with Gasteiger partial charge in [0.25, 0.3) is 0 Å². The minimum absolute atomic E-state index is 0.0235. The fourth-order valence-electron chi connectivity index (χ4n) is 5.81. The first kappa shape index (κ1) is 37.7. The SMILES string of the molecule is N#C/C=C/S(=O)(=O)c1ccc(C2(C(=O)O)CCOCC2)cc1.N#CC=CS(=O)(=O)c1ccc(C2(C(=O)Nc3ccccc3)CCOCC2)cc1. The molecule has 0 atom stereocenters. The van der Waals surface area contributed by atoms with Crippen LogP contribution in [0.3, 0.4) is 0 Å². The van der Waals surface area contributed by atoms with Crippen molar-refractivity contribution in [3.8, 4) is 12.1 Å². The molecule has 0 aromatic heterocycles. The first-order chi connectivity index (χ1) is 23.9. The monoisotopic (exact) mass is 717 g/mol. The fourth-order valence-corrected chi connectivity index (χ4v) is 7.63. The molecule has 2 fully saturated rings. The lowest BCUT2D eigenvalue weighted by Crippen LogP contribution is -2.44. The number of carboxylic acids is 1. The molecule has 2 N–H and O–H groups in total. The number of carboxylic acid groups (broad SMARTS) is 1. The summed E-state index contributed by atoms with van der Waals surface area (Å²) in [5.41, 5.74) is 0.181. The molecule has 0 bridgehead atoms. The Hall–Kier alpha value is -5.12. The molecule has 5 rings (SSSR count). The van der Waals surface area contributed by atoms with Crippen molar-refractivity contribution in [1.29, 1.82) is 10.5 Å². The highest BCUT2D eigenvalue weighted by atomic mass is 32.2. The van der Waals surface area contributed by atoms with Crippen molar-refractivity contribution in [3.05, 3.63) is 113 Å². The third-order valence-electron chi connectivity index (χ3n) is 8.68. The quantitative estimate of drug-likeness (QED) is 0.288. The number of benzene rings is 3. The zero-order valence-electron chi connectivity index (χ0n) is 26.9. The lowest BCUT2D eigenvalue weighted by Gasteiger charge is -2.36. The number of amides is 1. The fraction of sp³-hybridized carbons (Fsp3) is 0.278. The number of nitrogens with one attached hydrogen (secondary N) is 1. The highest BCUT2D eigenvalue weighted by Gasteiger charge is 2.43. The molecule has 3 aromatic carbocycles. The molecule has 2 heterocycles. The van der Waals surface area contributed by atoms with E-state index in [1.807, 2.05) is 30.3 Å². The average Bonchev–Trinajstić information content (AvgIpc) is 3.14. The number of rotatable bonds is 9. The van der Waals surface area contributed by atoms with Crippen molar-refractivity contribution in [3.63, 3.8) is 0 Å². The molecule has 0 spiro atoms. The zero-order valence-corrected chi connectivity index (χ0v) is 28.5. The van der Waals surface area contributed by atoms with Crippen LogP contribution in [0.2, 0.25) is 0 Å². The largest absolute Gasteiger partial charge is 0.481 e. The molecule has 0 aliphatic carbocycles. The third kappa shape index (κ3) is 8.72. The molecule has 0 saturated carbocycles. The molecule has 12 nitrogen and oxygen atoms in total. The Morgan fingerprint density at radius 2 is 1.06 bits per heavy atom. The van der Waals surface area contributed by atoms with Gasteiger partial charge in [0.1, 0.15) is 0 Å². The Balaban J connectivity index is 0.000000232. The van der Waals surface area contributed by atoms with Crippen LogP contribution in [-0.4, -0.2) is 60.2 Å². The van der Waals surface area contributed by atoms with Crippen molar-refractivity contribution < 1.29 is 41.0 Å². The van der Waals surface area contributed by atoms with Gasteiger partial charge in [-0.3, -0.25) is 9.59 Å². The Bertz CT molecular complexity index is 2020. The Morgan fingerprint density at radius 3 is 1.46 bits per heavy atom. The topological polar surface area (TPSA) is 201 Å². The summed E-state index contributed by atoms with van der Waals surface area (Å²) in [5.74, 6) is -1.07. The van der Waals surface area contributed by atoms with Crippen molar-refractivity contribution in [2.24, 2.45) is 0 Å². The van der Waals surface area contributed by atoms with Gasteiger partial charge in [-0.2, -0.15) is 10.5 Å². The van der Waals surface area contributed by atoms with Crippen LogP contribution < -0.4 is 5.32 Å². The predicted octanol–water partition coefficient (Wildman–Crippen LogP) is 4.81. The van der Waals surface area contributed by atoms with E-state index in [0.717, 1.165) is 28.5 Å². The predicted molar refractivity (Wildman–Crippen MR) is 183 cm³/mol. The normalized spacial score (nSPS) is 17.1. The van der Waals surface area contributed by atoms with Crippen LogP contribution in [0.1, 0.15) is 36.8 Å². The van der Waals surface area contributed by atoms with E-state index in [1.165, 1.54) is 36.4 Å². The van der Waals surface area contributed by atoms with Crippen molar-refractivity contribution >= 4 is 37.2 Å². The van der Waals surface area contributed by atoms with Crippen LogP contribution in [0, 0.1) is 22.7 Å². The first-order valence-corrected chi connectivity index (χ1v) is 18.6. The Morgan fingerprint density at radius 1 is 0.660 bits per heavy atom. The Labute approximate surface area is 291 Å². The number of hydrogen-bond acceptors (Lipinski definition) is 10. The standard InChI is InChI=1S/C21H20N2O4S.C15H15NO5S/c22-13-4-16-28(25,26)19-9-7-17(8-10-19)21(11-14-27-15-12-21)20(24)23-18-5-2-1-3-6-18;16-8-1-11-22(19,20)13-4-2-12(3-5-13)15(14(17)18)6-9-21-10-7-15/h1-10,16H,11-12,14-15H2,(H,23,24);1-5,11H,6-7,9-10H2,(H,17,18)/b;11-1+. The third-order valence-corrected chi connectivity index (χ3v) is 11.5. The summed E-state index contributed by atoms with van der Waals surface area (Å²) in [5, 5.41) is 31.2.